The van der Waals surface area contributed by atoms with Gasteiger partial charge in [-0.15, -0.1) is 0 Å². The van der Waals surface area contributed by atoms with Crippen LogP contribution < -0.4 is 0 Å². The quantitative estimate of drug-likeness (QED) is 0.288. The lowest BCUT2D eigenvalue weighted by molar-refractivity contribution is -0.141. The number of unbranched alkanes of at least 4 members (excludes halogenated alkanes) is 5. The third-order valence-corrected chi connectivity index (χ3v) is 3.00. The van der Waals surface area contributed by atoms with Crippen molar-refractivity contribution in [2.75, 3.05) is 13.2 Å². The molecule has 0 aliphatic carbocycles. The highest BCUT2D eigenvalue weighted by molar-refractivity contribution is 5.66. The average Bonchev–Trinajstić information content (AvgIpc) is 2.46. The normalized spacial score (nSPS) is 11.2. The summed E-state index contributed by atoms with van der Waals surface area (Å²) >= 11 is 0. The van der Waals surface area contributed by atoms with Gasteiger partial charge in [0.2, 0.25) is 0 Å². The van der Waals surface area contributed by atoms with Crippen LogP contribution in [0.1, 0.15) is 65.2 Å². The minimum atomic E-state index is -0.214. The summed E-state index contributed by atoms with van der Waals surface area (Å²) in [7, 11) is 0. The zero-order chi connectivity index (χ0) is 16.5. The number of ether oxygens (including phenoxy) is 2. The maximum Gasteiger partial charge on any atom is 0.302 e. The molecule has 0 bridgehead atoms. The van der Waals surface area contributed by atoms with Gasteiger partial charge in [-0.3, -0.25) is 9.59 Å². The number of allylic oxidation sites excluding steroid dienone is 2. The monoisotopic (exact) mass is 310 g/mol. The molecule has 0 saturated carbocycles. The Hall–Kier alpha value is -1.58. The van der Waals surface area contributed by atoms with Crippen LogP contribution in [-0.4, -0.2) is 25.2 Å². The van der Waals surface area contributed by atoms with Crippen molar-refractivity contribution >= 4 is 11.9 Å². The Labute approximate surface area is 134 Å². The van der Waals surface area contributed by atoms with Gasteiger partial charge in [-0.25, -0.2) is 0 Å². The van der Waals surface area contributed by atoms with Gasteiger partial charge in [-0.1, -0.05) is 37.1 Å². The Kier molecular flexibility index (Phi) is 14.7. The van der Waals surface area contributed by atoms with Crippen LogP contribution in [0.2, 0.25) is 0 Å². The van der Waals surface area contributed by atoms with E-state index in [1.807, 2.05) is 0 Å². The molecule has 126 valence electrons. The summed E-state index contributed by atoms with van der Waals surface area (Å²) in [5, 5.41) is 0. The Morgan fingerprint density at radius 2 is 1.00 bits per heavy atom. The molecule has 0 aliphatic heterocycles. The zero-order valence-electron chi connectivity index (χ0n) is 14.0. The van der Waals surface area contributed by atoms with E-state index in [0.29, 0.717) is 13.2 Å². The molecule has 0 saturated heterocycles. The molecule has 4 nitrogen and oxygen atoms in total. The maximum atomic E-state index is 10.5. The number of carbonyl (C=O) groups excluding carboxylic acids is 2. The Balaban J connectivity index is 3.19. The molecule has 4 heteroatoms. The first-order valence-corrected chi connectivity index (χ1v) is 8.19. The van der Waals surface area contributed by atoms with Gasteiger partial charge in [0.25, 0.3) is 0 Å². The highest BCUT2D eigenvalue weighted by Gasteiger charge is 1.91. The minimum absolute atomic E-state index is 0.214. The first-order valence-electron chi connectivity index (χ1n) is 8.19. The summed E-state index contributed by atoms with van der Waals surface area (Å²) in [4.78, 5) is 21.1. The Morgan fingerprint density at radius 3 is 1.36 bits per heavy atom. The van der Waals surface area contributed by atoms with E-state index in [9.17, 15) is 9.59 Å². The molecule has 0 aromatic rings. The molecule has 0 aliphatic rings. The minimum Gasteiger partial charge on any atom is -0.466 e. The predicted octanol–water partition coefficient (Wildman–Crippen LogP) is 4.35. The van der Waals surface area contributed by atoms with Crippen molar-refractivity contribution in [2.24, 2.45) is 0 Å². The molecule has 0 heterocycles. The summed E-state index contributed by atoms with van der Waals surface area (Å²) in [5.41, 5.74) is 0. The highest BCUT2D eigenvalue weighted by atomic mass is 16.5. The molecule has 22 heavy (non-hydrogen) atoms. The van der Waals surface area contributed by atoms with Gasteiger partial charge in [0.1, 0.15) is 0 Å². The third kappa shape index (κ3) is 18.4. The van der Waals surface area contributed by atoms with Crippen molar-refractivity contribution < 1.29 is 19.1 Å². The van der Waals surface area contributed by atoms with Crippen LogP contribution in [0.15, 0.2) is 24.3 Å². The average molecular weight is 310 g/mol. The lowest BCUT2D eigenvalue weighted by Gasteiger charge is -1.99. The Morgan fingerprint density at radius 1 is 0.636 bits per heavy atom. The van der Waals surface area contributed by atoms with E-state index in [1.165, 1.54) is 39.5 Å². The summed E-state index contributed by atoms with van der Waals surface area (Å²) < 4.78 is 9.68. The van der Waals surface area contributed by atoms with Crippen molar-refractivity contribution in [3.05, 3.63) is 24.3 Å². The van der Waals surface area contributed by atoms with E-state index >= 15 is 0 Å². The molecular formula is C18H30O4. The van der Waals surface area contributed by atoms with Crippen molar-refractivity contribution in [3.8, 4) is 0 Å². The zero-order valence-corrected chi connectivity index (χ0v) is 14.0. The molecule has 0 fully saturated rings. The molecule has 0 aromatic carbocycles. The van der Waals surface area contributed by atoms with Crippen LogP contribution in [0.3, 0.4) is 0 Å². The molecule has 0 amide bonds. The van der Waals surface area contributed by atoms with Crippen LogP contribution in [0, 0.1) is 0 Å². The Bertz CT molecular complexity index is 311. The van der Waals surface area contributed by atoms with Crippen LogP contribution >= 0.6 is 0 Å². The number of carbonyl (C=O) groups is 2. The third-order valence-electron chi connectivity index (χ3n) is 3.00. The van der Waals surface area contributed by atoms with Gasteiger partial charge in [-0.05, 0) is 38.5 Å². The highest BCUT2D eigenvalue weighted by Crippen LogP contribution is 2.07. The molecule has 0 rings (SSSR count). The first kappa shape index (κ1) is 20.4. The number of esters is 2. The molecular weight excluding hydrogens is 280 g/mol. The standard InChI is InChI=1S/C18H30O4/c1-17(19)21-15-13-11-9-7-5-3-4-6-8-10-12-14-16-22-18(2)20/h9-12H,3-8,13-16H2,1-2H3/b11-9+,12-10+. The van der Waals surface area contributed by atoms with E-state index in [2.05, 4.69) is 24.3 Å². The fourth-order valence-corrected chi connectivity index (χ4v) is 1.89. The second kappa shape index (κ2) is 15.8. The van der Waals surface area contributed by atoms with Gasteiger partial charge >= 0.3 is 11.9 Å². The fraction of sp³-hybridized carbons (Fsp3) is 0.667. The lowest BCUT2D eigenvalue weighted by atomic mass is 10.1. The van der Waals surface area contributed by atoms with Crippen LogP contribution in [0.25, 0.3) is 0 Å². The largest absolute Gasteiger partial charge is 0.466 e. The van der Waals surface area contributed by atoms with E-state index < -0.39 is 0 Å². The van der Waals surface area contributed by atoms with Crippen molar-refractivity contribution in [2.45, 2.75) is 65.2 Å². The molecule has 0 atom stereocenters. The molecule has 0 radical (unpaired) electrons. The molecule has 0 unspecified atom stereocenters. The summed E-state index contributed by atoms with van der Waals surface area (Å²) in [5.74, 6) is -0.428. The SMILES string of the molecule is CC(=O)OCC/C=C/CCCCCC/C=C/CCOC(C)=O. The summed E-state index contributed by atoms with van der Waals surface area (Å²) in [6.07, 6.45) is 17.2. The van der Waals surface area contributed by atoms with Gasteiger partial charge in [0, 0.05) is 13.8 Å². The van der Waals surface area contributed by atoms with Crippen molar-refractivity contribution in [1.29, 1.82) is 0 Å². The summed E-state index contributed by atoms with van der Waals surface area (Å²) in [6, 6.07) is 0. The first-order chi connectivity index (χ1) is 10.6. The van der Waals surface area contributed by atoms with E-state index in [-0.39, 0.29) is 11.9 Å². The number of hydrogen-bond acceptors (Lipinski definition) is 4. The van der Waals surface area contributed by atoms with Crippen molar-refractivity contribution in [3.63, 3.8) is 0 Å². The maximum absolute atomic E-state index is 10.5. The van der Waals surface area contributed by atoms with E-state index in [4.69, 9.17) is 9.47 Å². The van der Waals surface area contributed by atoms with E-state index in [0.717, 1.165) is 25.7 Å². The molecule has 0 aromatic heterocycles. The second-order valence-corrected chi connectivity index (χ2v) is 5.19. The van der Waals surface area contributed by atoms with Crippen LogP contribution in [0.5, 0.6) is 0 Å². The van der Waals surface area contributed by atoms with Crippen LogP contribution in [-0.2, 0) is 19.1 Å². The van der Waals surface area contributed by atoms with Crippen LogP contribution in [0.4, 0.5) is 0 Å². The molecule has 0 spiro atoms. The smallest absolute Gasteiger partial charge is 0.302 e. The van der Waals surface area contributed by atoms with Gasteiger partial charge < -0.3 is 9.47 Å². The lowest BCUT2D eigenvalue weighted by Crippen LogP contribution is -1.98. The van der Waals surface area contributed by atoms with Gasteiger partial charge in [0.15, 0.2) is 0 Å². The van der Waals surface area contributed by atoms with Gasteiger partial charge in [0.05, 0.1) is 13.2 Å². The van der Waals surface area contributed by atoms with Crippen molar-refractivity contribution in [1.82, 2.24) is 0 Å². The summed E-state index contributed by atoms with van der Waals surface area (Å²) in [6.45, 7) is 3.82. The number of rotatable bonds is 13. The topological polar surface area (TPSA) is 52.6 Å². The molecule has 0 N–H and O–H groups in total. The van der Waals surface area contributed by atoms with Gasteiger partial charge in [-0.2, -0.15) is 0 Å². The second-order valence-electron chi connectivity index (χ2n) is 5.19. The fourth-order valence-electron chi connectivity index (χ4n) is 1.89. The number of hydrogen-bond donors (Lipinski definition) is 0. The van der Waals surface area contributed by atoms with E-state index in [1.54, 1.807) is 0 Å². The predicted molar refractivity (Wildman–Crippen MR) is 88.5 cm³/mol.